The maximum atomic E-state index is 11.7. The number of benzene rings is 2. The van der Waals surface area contributed by atoms with Gasteiger partial charge in [0.1, 0.15) is 11.6 Å². The van der Waals surface area contributed by atoms with E-state index in [1.165, 1.54) is 14.0 Å². The molecule has 0 fully saturated rings. The van der Waals surface area contributed by atoms with Gasteiger partial charge in [-0.2, -0.15) is 0 Å². The molecule has 27 heavy (non-hydrogen) atoms. The van der Waals surface area contributed by atoms with Crippen molar-refractivity contribution in [3.8, 4) is 22.8 Å². The molecule has 7 nitrogen and oxygen atoms in total. The van der Waals surface area contributed by atoms with Crippen LogP contribution in [0.4, 0.5) is 5.69 Å². The minimum atomic E-state index is -3.42. The van der Waals surface area contributed by atoms with E-state index in [2.05, 4.69) is 9.71 Å². The van der Waals surface area contributed by atoms with Crippen molar-refractivity contribution in [3.63, 3.8) is 0 Å². The SMILES string of the molecule is COc1cc(-n2ccnc2-c2cccc(C(C)=O)c2)ccc1NS(C)(=O)=O. The molecule has 0 amide bonds. The Morgan fingerprint density at radius 2 is 1.96 bits per heavy atom. The van der Waals surface area contributed by atoms with Crippen LogP contribution < -0.4 is 9.46 Å². The van der Waals surface area contributed by atoms with Crippen LogP contribution in [0.5, 0.6) is 5.75 Å². The van der Waals surface area contributed by atoms with Gasteiger partial charge in [0, 0.05) is 29.6 Å². The number of sulfonamides is 1. The average molecular weight is 385 g/mol. The Kier molecular flexibility index (Phi) is 5.00. The topological polar surface area (TPSA) is 90.3 Å². The predicted molar refractivity (Wildman–Crippen MR) is 104 cm³/mol. The number of ether oxygens (including phenoxy) is 1. The van der Waals surface area contributed by atoms with Crippen molar-refractivity contribution < 1.29 is 17.9 Å². The number of aromatic nitrogens is 2. The van der Waals surface area contributed by atoms with Gasteiger partial charge in [0.05, 0.1) is 24.7 Å². The number of nitrogens with zero attached hydrogens (tertiary/aromatic N) is 2. The summed E-state index contributed by atoms with van der Waals surface area (Å²) >= 11 is 0. The van der Waals surface area contributed by atoms with Crippen LogP contribution in [0.1, 0.15) is 17.3 Å². The Balaban J connectivity index is 2.05. The molecule has 3 aromatic rings. The Bertz CT molecular complexity index is 1100. The third-order valence-electron chi connectivity index (χ3n) is 3.93. The molecule has 0 bridgehead atoms. The zero-order valence-electron chi connectivity index (χ0n) is 15.1. The standard InChI is InChI=1S/C19H19N3O4S/c1-13(23)14-5-4-6-15(11-14)19-20-9-10-22(19)16-7-8-17(18(12-16)26-2)21-27(3,24)25/h4-12,21H,1-3H3. The first kappa shape index (κ1) is 18.7. The van der Waals surface area contributed by atoms with Crippen molar-refractivity contribution >= 4 is 21.5 Å². The highest BCUT2D eigenvalue weighted by Gasteiger charge is 2.13. The lowest BCUT2D eigenvalue weighted by Crippen LogP contribution is -2.10. The molecule has 0 spiro atoms. The third-order valence-corrected chi connectivity index (χ3v) is 4.52. The van der Waals surface area contributed by atoms with Gasteiger partial charge in [-0.1, -0.05) is 18.2 Å². The molecule has 0 atom stereocenters. The molecule has 1 heterocycles. The van der Waals surface area contributed by atoms with Gasteiger partial charge in [-0.3, -0.25) is 14.1 Å². The van der Waals surface area contributed by atoms with Crippen LogP contribution in [0, 0.1) is 0 Å². The summed E-state index contributed by atoms with van der Waals surface area (Å²) in [4.78, 5) is 16.1. The normalized spacial score (nSPS) is 11.2. The number of hydrogen-bond acceptors (Lipinski definition) is 5. The molecule has 0 saturated carbocycles. The van der Waals surface area contributed by atoms with E-state index in [1.807, 2.05) is 16.7 Å². The molecule has 2 aromatic carbocycles. The van der Waals surface area contributed by atoms with E-state index >= 15 is 0 Å². The fourth-order valence-corrected chi connectivity index (χ4v) is 3.28. The van der Waals surface area contributed by atoms with Gasteiger partial charge in [-0.15, -0.1) is 0 Å². The second-order valence-electron chi connectivity index (χ2n) is 6.02. The van der Waals surface area contributed by atoms with Crippen molar-refractivity contribution in [2.45, 2.75) is 6.92 Å². The monoisotopic (exact) mass is 385 g/mol. The fraction of sp³-hybridized carbons (Fsp3) is 0.158. The second kappa shape index (κ2) is 7.24. The van der Waals surface area contributed by atoms with E-state index in [1.54, 1.807) is 42.7 Å². The van der Waals surface area contributed by atoms with Crippen molar-refractivity contribution in [3.05, 3.63) is 60.4 Å². The molecule has 0 radical (unpaired) electrons. The highest BCUT2D eigenvalue weighted by atomic mass is 32.2. The first-order valence-corrected chi connectivity index (χ1v) is 9.98. The zero-order valence-corrected chi connectivity index (χ0v) is 15.9. The van der Waals surface area contributed by atoms with Crippen molar-refractivity contribution in [2.75, 3.05) is 18.1 Å². The summed E-state index contributed by atoms with van der Waals surface area (Å²) in [6, 6.07) is 12.3. The smallest absolute Gasteiger partial charge is 0.229 e. The van der Waals surface area contributed by atoms with E-state index in [4.69, 9.17) is 4.74 Å². The van der Waals surface area contributed by atoms with Crippen LogP contribution in [0.2, 0.25) is 0 Å². The summed E-state index contributed by atoms with van der Waals surface area (Å²) in [6.07, 6.45) is 4.52. The lowest BCUT2D eigenvalue weighted by molar-refractivity contribution is 0.101. The average Bonchev–Trinajstić information content (AvgIpc) is 3.10. The van der Waals surface area contributed by atoms with Gasteiger partial charge in [0.25, 0.3) is 0 Å². The summed E-state index contributed by atoms with van der Waals surface area (Å²) in [5.74, 6) is 1.02. The van der Waals surface area contributed by atoms with Crippen molar-refractivity contribution in [1.29, 1.82) is 0 Å². The first-order valence-electron chi connectivity index (χ1n) is 8.09. The molecule has 8 heteroatoms. The molecule has 0 aliphatic rings. The molecular weight excluding hydrogens is 366 g/mol. The quantitative estimate of drug-likeness (QED) is 0.659. The Labute approximate surface area is 157 Å². The third kappa shape index (κ3) is 4.17. The van der Waals surface area contributed by atoms with Gasteiger partial charge >= 0.3 is 0 Å². The van der Waals surface area contributed by atoms with Crippen molar-refractivity contribution in [1.82, 2.24) is 9.55 Å². The number of nitrogens with one attached hydrogen (secondary N) is 1. The number of ketones is 1. The highest BCUT2D eigenvalue weighted by Crippen LogP contribution is 2.30. The van der Waals surface area contributed by atoms with Crippen LogP contribution in [0.25, 0.3) is 17.1 Å². The number of anilines is 1. The number of imidazole rings is 1. The van der Waals surface area contributed by atoms with E-state index in [0.717, 1.165) is 17.5 Å². The van der Waals surface area contributed by atoms with Gasteiger partial charge in [0.15, 0.2) is 5.78 Å². The van der Waals surface area contributed by atoms with E-state index in [0.29, 0.717) is 22.8 Å². The van der Waals surface area contributed by atoms with Gasteiger partial charge in [-0.25, -0.2) is 13.4 Å². The lowest BCUT2D eigenvalue weighted by Gasteiger charge is -2.14. The number of Topliss-reactive ketones (excluding diaryl/α,β-unsaturated/α-hetero) is 1. The molecule has 0 saturated heterocycles. The summed E-state index contributed by atoms with van der Waals surface area (Å²) in [5.41, 5.74) is 2.49. The van der Waals surface area contributed by atoms with Crippen LogP contribution in [-0.4, -0.2) is 37.1 Å². The number of carbonyl (C=O) groups excluding carboxylic acids is 1. The van der Waals surface area contributed by atoms with E-state index < -0.39 is 10.0 Å². The molecule has 0 unspecified atom stereocenters. The molecule has 3 rings (SSSR count). The summed E-state index contributed by atoms with van der Waals surface area (Å²) in [7, 11) is -1.95. The van der Waals surface area contributed by atoms with Crippen LogP contribution in [0.3, 0.4) is 0 Å². The minimum absolute atomic E-state index is 0.0205. The zero-order chi connectivity index (χ0) is 19.6. The number of methoxy groups -OCH3 is 1. The van der Waals surface area contributed by atoms with E-state index in [9.17, 15) is 13.2 Å². The molecule has 0 aliphatic carbocycles. The molecule has 1 aromatic heterocycles. The molecule has 140 valence electrons. The minimum Gasteiger partial charge on any atom is -0.494 e. The second-order valence-corrected chi connectivity index (χ2v) is 7.77. The molecule has 0 aliphatic heterocycles. The predicted octanol–water partition coefficient (Wildman–Crippen LogP) is 3.12. The van der Waals surface area contributed by atoms with Gasteiger partial charge in [0.2, 0.25) is 10.0 Å². The Morgan fingerprint density at radius 3 is 2.63 bits per heavy atom. The van der Waals surface area contributed by atoms with E-state index in [-0.39, 0.29) is 5.78 Å². The maximum Gasteiger partial charge on any atom is 0.229 e. The first-order chi connectivity index (χ1) is 12.8. The number of rotatable bonds is 6. The summed E-state index contributed by atoms with van der Waals surface area (Å²) < 4.78 is 32.6. The van der Waals surface area contributed by atoms with Crippen molar-refractivity contribution in [2.24, 2.45) is 0 Å². The largest absolute Gasteiger partial charge is 0.494 e. The Morgan fingerprint density at radius 1 is 1.19 bits per heavy atom. The van der Waals surface area contributed by atoms with Crippen LogP contribution >= 0.6 is 0 Å². The van der Waals surface area contributed by atoms with Crippen LogP contribution in [-0.2, 0) is 10.0 Å². The number of carbonyl (C=O) groups is 1. The highest BCUT2D eigenvalue weighted by molar-refractivity contribution is 7.92. The Hall–Kier alpha value is -3.13. The summed E-state index contributed by atoms with van der Waals surface area (Å²) in [6.45, 7) is 1.52. The fourth-order valence-electron chi connectivity index (χ4n) is 2.72. The number of hydrogen-bond donors (Lipinski definition) is 1. The lowest BCUT2D eigenvalue weighted by atomic mass is 10.1. The van der Waals surface area contributed by atoms with Crippen LogP contribution in [0.15, 0.2) is 54.9 Å². The molecular formula is C19H19N3O4S. The maximum absolute atomic E-state index is 11.7. The van der Waals surface area contributed by atoms with Gasteiger partial charge < -0.3 is 4.74 Å². The molecule has 1 N–H and O–H groups in total. The van der Waals surface area contributed by atoms with Gasteiger partial charge in [-0.05, 0) is 25.1 Å². The summed E-state index contributed by atoms with van der Waals surface area (Å²) in [5, 5.41) is 0.